The average molecular weight is 485 g/mol. The largest absolute Gasteiger partial charge is 0.446 e. The van der Waals surface area contributed by atoms with Crippen molar-refractivity contribution in [2.45, 2.75) is 34.5 Å². The standard InChI is InChI=1S/C13H17I2N3O/c1-12(2,3)10-6-9(18(5)17-10)8-7-19-11(16-8)13(4,14)15/h6-7H,1-5H3. The Hall–Kier alpha value is -0.120. The minimum Gasteiger partial charge on any atom is -0.446 e. The number of oxazole rings is 1. The first-order chi connectivity index (χ1) is 8.59. The number of alkyl halides is 2. The minimum atomic E-state index is -0.140. The quantitative estimate of drug-likeness (QED) is 0.468. The van der Waals surface area contributed by atoms with Crippen molar-refractivity contribution in [1.82, 2.24) is 14.8 Å². The molecule has 0 saturated heterocycles. The number of halogens is 2. The summed E-state index contributed by atoms with van der Waals surface area (Å²) < 4.78 is 7.29. The fraction of sp³-hybridized carbons (Fsp3) is 0.538. The maximum absolute atomic E-state index is 5.57. The van der Waals surface area contributed by atoms with Gasteiger partial charge in [0.1, 0.15) is 13.4 Å². The molecule has 0 unspecified atom stereocenters. The average Bonchev–Trinajstić information content (AvgIpc) is 2.80. The molecule has 0 saturated carbocycles. The molecule has 0 N–H and O–H groups in total. The number of nitrogens with zero attached hydrogens (tertiary/aromatic N) is 3. The van der Waals surface area contributed by atoms with Gasteiger partial charge in [-0.2, -0.15) is 5.10 Å². The first-order valence-corrected chi connectivity index (χ1v) is 8.13. The molecule has 4 nitrogen and oxygen atoms in total. The van der Waals surface area contributed by atoms with Crippen LogP contribution in [-0.4, -0.2) is 14.8 Å². The van der Waals surface area contributed by atoms with Gasteiger partial charge in [0.25, 0.3) is 0 Å². The van der Waals surface area contributed by atoms with E-state index in [4.69, 9.17) is 4.42 Å². The maximum Gasteiger partial charge on any atom is 0.220 e. The van der Waals surface area contributed by atoms with Crippen molar-refractivity contribution in [2.75, 3.05) is 0 Å². The van der Waals surface area contributed by atoms with Gasteiger partial charge >= 0.3 is 0 Å². The van der Waals surface area contributed by atoms with Crippen LogP contribution in [0.5, 0.6) is 0 Å². The van der Waals surface area contributed by atoms with Gasteiger partial charge in [-0.05, 0) is 13.0 Å². The summed E-state index contributed by atoms with van der Waals surface area (Å²) in [4.78, 5) is 4.57. The second-order valence-corrected chi connectivity index (χ2v) is 12.1. The molecular weight excluding hydrogens is 468 g/mol. The summed E-state index contributed by atoms with van der Waals surface area (Å²) in [6.07, 6.45) is 1.70. The van der Waals surface area contributed by atoms with Gasteiger partial charge in [0, 0.05) is 12.5 Å². The zero-order chi connectivity index (χ0) is 14.4. The topological polar surface area (TPSA) is 43.9 Å². The highest BCUT2D eigenvalue weighted by Crippen LogP contribution is 2.39. The van der Waals surface area contributed by atoms with Crippen LogP contribution in [0.3, 0.4) is 0 Å². The fourth-order valence-corrected chi connectivity index (χ4v) is 2.16. The van der Waals surface area contributed by atoms with Crippen LogP contribution >= 0.6 is 45.2 Å². The summed E-state index contributed by atoms with van der Waals surface area (Å²) >= 11 is 4.62. The highest BCUT2D eigenvalue weighted by molar-refractivity contribution is 14.2. The lowest BCUT2D eigenvalue weighted by Crippen LogP contribution is -2.12. The number of rotatable bonds is 2. The molecule has 2 rings (SSSR count). The number of hydrogen-bond donors (Lipinski definition) is 0. The van der Waals surface area contributed by atoms with Crippen LogP contribution in [0.2, 0.25) is 0 Å². The molecule has 0 amide bonds. The van der Waals surface area contributed by atoms with Gasteiger partial charge in [-0.15, -0.1) is 0 Å². The molecule has 0 aliphatic carbocycles. The maximum atomic E-state index is 5.57. The number of aryl methyl sites for hydroxylation is 1. The van der Waals surface area contributed by atoms with Crippen molar-refractivity contribution >= 4 is 45.2 Å². The van der Waals surface area contributed by atoms with Crippen LogP contribution in [-0.2, 0) is 13.9 Å². The van der Waals surface area contributed by atoms with Crippen LogP contribution in [0.4, 0.5) is 0 Å². The summed E-state index contributed by atoms with van der Waals surface area (Å²) in [7, 11) is 1.94. The van der Waals surface area contributed by atoms with Crippen molar-refractivity contribution in [3.8, 4) is 11.4 Å². The van der Waals surface area contributed by atoms with Gasteiger partial charge in [0.2, 0.25) is 5.89 Å². The lowest BCUT2D eigenvalue weighted by molar-refractivity contribution is 0.498. The van der Waals surface area contributed by atoms with E-state index in [1.165, 1.54) is 0 Å². The summed E-state index contributed by atoms with van der Waals surface area (Å²) in [6, 6.07) is 2.08. The lowest BCUT2D eigenvalue weighted by atomic mass is 9.92. The third kappa shape index (κ3) is 3.32. The Morgan fingerprint density at radius 2 is 1.84 bits per heavy atom. The molecule has 0 fully saturated rings. The molecule has 6 heteroatoms. The van der Waals surface area contributed by atoms with E-state index >= 15 is 0 Å². The molecule has 2 aromatic heterocycles. The zero-order valence-electron chi connectivity index (χ0n) is 11.7. The Bertz CT molecular complexity index is 588. The molecule has 104 valence electrons. The third-order valence-electron chi connectivity index (χ3n) is 2.79. The molecule has 0 bridgehead atoms. The smallest absolute Gasteiger partial charge is 0.220 e. The molecular formula is C13H17I2N3O. The van der Waals surface area contributed by atoms with E-state index in [-0.39, 0.29) is 6.84 Å². The highest BCUT2D eigenvalue weighted by Gasteiger charge is 2.26. The molecule has 2 aromatic rings. The summed E-state index contributed by atoms with van der Waals surface area (Å²) in [5.74, 6) is 0.724. The van der Waals surface area contributed by atoms with Gasteiger partial charge in [0.05, 0.1) is 11.4 Å². The Labute approximate surface area is 140 Å². The summed E-state index contributed by atoms with van der Waals surface area (Å²) in [5.41, 5.74) is 2.90. The Kier molecular flexibility index (Phi) is 4.03. The Balaban J connectivity index is 2.43. The molecule has 0 aromatic carbocycles. The molecule has 0 aliphatic rings. The fourth-order valence-electron chi connectivity index (χ4n) is 1.67. The Morgan fingerprint density at radius 3 is 2.26 bits per heavy atom. The van der Waals surface area contributed by atoms with Crippen LogP contribution in [0.15, 0.2) is 16.7 Å². The molecule has 0 atom stereocenters. The van der Waals surface area contributed by atoms with E-state index in [2.05, 4.69) is 89.0 Å². The van der Waals surface area contributed by atoms with Gasteiger partial charge in [-0.3, -0.25) is 4.68 Å². The second kappa shape index (κ2) is 5.01. The van der Waals surface area contributed by atoms with Crippen molar-refractivity contribution in [2.24, 2.45) is 7.05 Å². The monoisotopic (exact) mass is 485 g/mol. The van der Waals surface area contributed by atoms with E-state index in [1.54, 1.807) is 6.26 Å². The van der Waals surface area contributed by atoms with E-state index < -0.39 is 0 Å². The second-order valence-electron chi connectivity index (χ2n) is 5.71. The molecule has 0 radical (unpaired) electrons. The van der Waals surface area contributed by atoms with E-state index in [9.17, 15) is 0 Å². The molecule has 2 heterocycles. The zero-order valence-corrected chi connectivity index (χ0v) is 16.0. The van der Waals surface area contributed by atoms with Crippen molar-refractivity contribution < 1.29 is 4.42 Å². The van der Waals surface area contributed by atoms with E-state index in [1.807, 2.05) is 11.7 Å². The molecule has 0 aliphatic heterocycles. The third-order valence-corrected chi connectivity index (χ3v) is 3.71. The van der Waals surface area contributed by atoms with Crippen LogP contribution in [0.25, 0.3) is 11.4 Å². The first kappa shape index (κ1) is 15.3. The SMILES string of the molecule is Cn1nc(C(C)(C)C)cc1-c1coc(C(C)(I)I)n1. The van der Waals surface area contributed by atoms with Gasteiger partial charge in [-0.1, -0.05) is 66.0 Å². The van der Waals surface area contributed by atoms with E-state index in [0.717, 1.165) is 23.0 Å². The van der Waals surface area contributed by atoms with Crippen LogP contribution < -0.4 is 0 Å². The van der Waals surface area contributed by atoms with Crippen molar-refractivity contribution in [3.63, 3.8) is 0 Å². The minimum absolute atomic E-state index is 0.0314. The number of aromatic nitrogens is 3. The lowest BCUT2D eigenvalue weighted by Gasteiger charge is -2.13. The van der Waals surface area contributed by atoms with E-state index in [0.29, 0.717) is 0 Å². The predicted molar refractivity (Wildman–Crippen MR) is 92.8 cm³/mol. The molecule has 0 spiro atoms. The number of hydrogen-bond acceptors (Lipinski definition) is 3. The van der Waals surface area contributed by atoms with Crippen LogP contribution in [0, 0.1) is 0 Å². The molecule has 19 heavy (non-hydrogen) atoms. The first-order valence-electron chi connectivity index (χ1n) is 5.98. The van der Waals surface area contributed by atoms with Gasteiger partial charge in [0.15, 0.2) is 0 Å². The summed E-state index contributed by atoms with van der Waals surface area (Å²) in [6.45, 7) is 8.52. The predicted octanol–water partition coefficient (Wildman–Crippen LogP) is 4.42. The van der Waals surface area contributed by atoms with Crippen molar-refractivity contribution in [1.29, 1.82) is 0 Å². The Morgan fingerprint density at radius 1 is 1.21 bits per heavy atom. The van der Waals surface area contributed by atoms with Crippen LogP contribution in [0.1, 0.15) is 39.3 Å². The highest BCUT2D eigenvalue weighted by atomic mass is 127. The van der Waals surface area contributed by atoms with Gasteiger partial charge < -0.3 is 4.42 Å². The van der Waals surface area contributed by atoms with Crippen molar-refractivity contribution in [3.05, 3.63) is 23.9 Å². The normalized spacial score (nSPS) is 13.0. The summed E-state index contributed by atoms with van der Waals surface area (Å²) in [5, 5.41) is 4.56. The van der Waals surface area contributed by atoms with Gasteiger partial charge in [-0.25, -0.2) is 4.98 Å².